The number of carbonyl (C=O) groups is 2. The van der Waals surface area contributed by atoms with Gasteiger partial charge in [-0.15, -0.1) is 0 Å². The van der Waals surface area contributed by atoms with Crippen LogP contribution in [0, 0.1) is 0 Å². The van der Waals surface area contributed by atoms with Gasteiger partial charge in [-0.1, -0.05) is 30.3 Å². The first-order chi connectivity index (χ1) is 8.13. The fourth-order valence-corrected chi connectivity index (χ4v) is 1.18. The second kappa shape index (κ2) is 6.62. The lowest BCUT2D eigenvalue weighted by molar-refractivity contribution is -0.146. The van der Waals surface area contributed by atoms with Crippen LogP contribution in [0.25, 0.3) is 0 Å². The van der Waals surface area contributed by atoms with Crippen LogP contribution in [0.15, 0.2) is 30.3 Å². The number of nitrogens with two attached hydrogens (primary N) is 2. The van der Waals surface area contributed by atoms with Gasteiger partial charge in [0.05, 0.1) is 12.5 Å². The third-order valence-electron chi connectivity index (χ3n) is 2.11. The van der Waals surface area contributed by atoms with E-state index in [-0.39, 0.29) is 13.0 Å². The standard InChI is InChI=1S/C11H15N3O3/c12-9(11(16)14-13)6-10(15)17-7-8-4-2-1-3-5-8/h1-5,9H,6-7,12-13H2,(H,14,16)/t9-/m0/s1. The summed E-state index contributed by atoms with van der Waals surface area (Å²) in [6, 6.07) is 8.24. The summed E-state index contributed by atoms with van der Waals surface area (Å²) < 4.78 is 4.95. The predicted molar refractivity (Wildman–Crippen MR) is 61.2 cm³/mol. The Labute approximate surface area is 98.9 Å². The van der Waals surface area contributed by atoms with Gasteiger partial charge in [0.1, 0.15) is 6.61 Å². The number of rotatable bonds is 5. The zero-order chi connectivity index (χ0) is 12.7. The van der Waals surface area contributed by atoms with Gasteiger partial charge in [-0.05, 0) is 5.56 Å². The van der Waals surface area contributed by atoms with Gasteiger partial charge in [0.25, 0.3) is 5.91 Å². The predicted octanol–water partition coefficient (Wildman–Crippen LogP) is -0.563. The molecule has 6 nitrogen and oxygen atoms in total. The lowest BCUT2D eigenvalue weighted by Crippen LogP contribution is -2.45. The molecule has 0 heterocycles. The maximum absolute atomic E-state index is 11.3. The van der Waals surface area contributed by atoms with E-state index in [1.165, 1.54) is 0 Å². The Morgan fingerprint density at radius 2 is 1.94 bits per heavy atom. The topological polar surface area (TPSA) is 107 Å². The summed E-state index contributed by atoms with van der Waals surface area (Å²) in [4.78, 5) is 22.3. The fraction of sp³-hybridized carbons (Fsp3) is 0.273. The van der Waals surface area contributed by atoms with Gasteiger partial charge in [-0.3, -0.25) is 15.0 Å². The summed E-state index contributed by atoms with van der Waals surface area (Å²) in [5.41, 5.74) is 8.15. The summed E-state index contributed by atoms with van der Waals surface area (Å²) in [5.74, 6) is 3.75. The molecule has 0 aromatic heterocycles. The van der Waals surface area contributed by atoms with E-state index in [0.29, 0.717) is 0 Å². The van der Waals surface area contributed by atoms with Crippen LogP contribution in [0.3, 0.4) is 0 Å². The Hall–Kier alpha value is -1.92. The molecule has 0 fully saturated rings. The molecule has 0 unspecified atom stereocenters. The average Bonchev–Trinajstić information content (AvgIpc) is 2.36. The van der Waals surface area contributed by atoms with Crippen molar-refractivity contribution in [3.05, 3.63) is 35.9 Å². The van der Waals surface area contributed by atoms with Gasteiger partial charge >= 0.3 is 5.97 Å². The average molecular weight is 237 g/mol. The van der Waals surface area contributed by atoms with Crippen molar-refractivity contribution in [2.75, 3.05) is 0 Å². The first-order valence-electron chi connectivity index (χ1n) is 5.09. The van der Waals surface area contributed by atoms with Gasteiger partial charge in [0.2, 0.25) is 0 Å². The van der Waals surface area contributed by atoms with Gasteiger partial charge in [-0.25, -0.2) is 5.84 Å². The van der Waals surface area contributed by atoms with E-state index in [9.17, 15) is 9.59 Å². The molecular formula is C11H15N3O3. The van der Waals surface area contributed by atoms with Crippen LogP contribution >= 0.6 is 0 Å². The Morgan fingerprint density at radius 1 is 1.29 bits per heavy atom. The maximum Gasteiger partial charge on any atom is 0.308 e. The molecule has 1 aromatic rings. The van der Waals surface area contributed by atoms with Crippen molar-refractivity contribution in [3.8, 4) is 0 Å². The first-order valence-corrected chi connectivity index (χ1v) is 5.09. The van der Waals surface area contributed by atoms with E-state index in [0.717, 1.165) is 5.56 Å². The quantitative estimate of drug-likeness (QED) is 0.275. The summed E-state index contributed by atoms with van der Waals surface area (Å²) in [5, 5.41) is 0. The number of benzene rings is 1. The van der Waals surface area contributed by atoms with Crippen molar-refractivity contribution in [1.82, 2.24) is 5.43 Å². The maximum atomic E-state index is 11.3. The van der Waals surface area contributed by atoms with Crippen molar-refractivity contribution in [2.45, 2.75) is 19.1 Å². The Kier molecular flexibility index (Phi) is 5.12. The molecule has 1 atom stereocenters. The molecule has 1 rings (SSSR count). The van der Waals surface area contributed by atoms with Crippen LogP contribution in [0.2, 0.25) is 0 Å². The highest BCUT2D eigenvalue weighted by atomic mass is 16.5. The zero-order valence-electron chi connectivity index (χ0n) is 9.26. The Balaban J connectivity index is 2.33. The highest BCUT2D eigenvalue weighted by Crippen LogP contribution is 2.02. The van der Waals surface area contributed by atoms with E-state index in [2.05, 4.69) is 0 Å². The molecule has 0 saturated heterocycles. The number of nitrogens with one attached hydrogen (secondary N) is 1. The molecule has 0 aliphatic heterocycles. The number of hydrogen-bond donors (Lipinski definition) is 3. The van der Waals surface area contributed by atoms with Gasteiger partial charge in [0.15, 0.2) is 0 Å². The smallest absolute Gasteiger partial charge is 0.308 e. The molecule has 1 aromatic carbocycles. The molecule has 5 N–H and O–H groups in total. The Bertz CT molecular complexity index is 381. The monoisotopic (exact) mass is 237 g/mol. The molecular weight excluding hydrogens is 222 g/mol. The van der Waals surface area contributed by atoms with Crippen molar-refractivity contribution in [1.29, 1.82) is 0 Å². The molecule has 6 heteroatoms. The van der Waals surface area contributed by atoms with Crippen molar-refractivity contribution in [3.63, 3.8) is 0 Å². The largest absolute Gasteiger partial charge is 0.461 e. The van der Waals surface area contributed by atoms with Gasteiger partial charge < -0.3 is 10.5 Å². The van der Waals surface area contributed by atoms with Crippen LogP contribution < -0.4 is 17.0 Å². The number of hydrazine groups is 1. The molecule has 92 valence electrons. The lowest BCUT2D eigenvalue weighted by Gasteiger charge is -2.09. The third kappa shape index (κ3) is 4.62. The second-order valence-corrected chi connectivity index (χ2v) is 3.47. The number of ether oxygens (including phenoxy) is 1. The second-order valence-electron chi connectivity index (χ2n) is 3.47. The molecule has 1 amide bonds. The van der Waals surface area contributed by atoms with Crippen molar-refractivity contribution < 1.29 is 14.3 Å². The molecule has 0 radical (unpaired) electrons. The van der Waals surface area contributed by atoms with Crippen LogP contribution in [-0.4, -0.2) is 17.9 Å². The van der Waals surface area contributed by atoms with Crippen molar-refractivity contribution in [2.24, 2.45) is 11.6 Å². The van der Waals surface area contributed by atoms with E-state index in [4.69, 9.17) is 16.3 Å². The fourth-order valence-electron chi connectivity index (χ4n) is 1.18. The number of carbonyl (C=O) groups excluding carboxylic acids is 2. The molecule has 0 saturated carbocycles. The van der Waals surface area contributed by atoms with Crippen molar-refractivity contribution >= 4 is 11.9 Å². The molecule has 0 aliphatic rings. The molecule has 17 heavy (non-hydrogen) atoms. The van der Waals surface area contributed by atoms with E-state index in [1.807, 2.05) is 35.8 Å². The summed E-state index contributed by atoms with van der Waals surface area (Å²) in [6.07, 6.45) is -0.199. The number of amides is 1. The summed E-state index contributed by atoms with van der Waals surface area (Å²) >= 11 is 0. The van der Waals surface area contributed by atoms with E-state index >= 15 is 0 Å². The number of hydrogen-bond acceptors (Lipinski definition) is 5. The number of esters is 1. The summed E-state index contributed by atoms with van der Waals surface area (Å²) in [6.45, 7) is 0.163. The molecule has 0 spiro atoms. The van der Waals surface area contributed by atoms with E-state index in [1.54, 1.807) is 0 Å². The van der Waals surface area contributed by atoms with Gasteiger partial charge in [-0.2, -0.15) is 0 Å². The van der Waals surface area contributed by atoms with E-state index < -0.39 is 17.9 Å². The third-order valence-corrected chi connectivity index (χ3v) is 2.11. The SMILES string of the molecule is NNC(=O)[C@@H](N)CC(=O)OCc1ccccc1. The minimum atomic E-state index is -0.983. The van der Waals surface area contributed by atoms with Crippen LogP contribution in [-0.2, 0) is 20.9 Å². The minimum absolute atomic E-state index is 0.163. The normalized spacial score (nSPS) is 11.6. The zero-order valence-corrected chi connectivity index (χ0v) is 9.26. The van der Waals surface area contributed by atoms with Gasteiger partial charge in [0, 0.05) is 0 Å². The lowest BCUT2D eigenvalue weighted by atomic mass is 10.2. The highest BCUT2D eigenvalue weighted by Gasteiger charge is 2.17. The Morgan fingerprint density at radius 3 is 2.53 bits per heavy atom. The summed E-state index contributed by atoms with van der Waals surface area (Å²) in [7, 11) is 0. The van der Waals surface area contributed by atoms with Crippen LogP contribution in [0.1, 0.15) is 12.0 Å². The first kappa shape index (κ1) is 13.1. The molecule has 0 bridgehead atoms. The minimum Gasteiger partial charge on any atom is -0.461 e. The van der Waals surface area contributed by atoms with Crippen LogP contribution in [0.4, 0.5) is 0 Å². The highest BCUT2D eigenvalue weighted by molar-refractivity contribution is 5.85. The van der Waals surface area contributed by atoms with Crippen LogP contribution in [0.5, 0.6) is 0 Å². The molecule has 0 aliphatic carbocycles.